The first-order valence-corrected chi connectivity index (χ1v) is 12.8. The van der Waals surface area contributed by atoms with Crippen LogP contribution in [-0.4, -0.2) is 72.5 Å². The number of sulfonamides is 1. The minimum Gasteiger partial charge on any atom is -0.338 e. The van der Waals surface area contributed by atoms with Gasteiger partial charge in [0.15, 0.2) is 0 Å². The van der Waals surface area contributed by atoms with E-state index < -0.39 is 27.9 Å². The Bertz CT molecular complexity index is 1230. The number of amides is 3. The smallest absolute Gasteiger partial charge is 0.262 e. The van der Waals surface area contributed by atoms with Gasteiger partial charge in [-0.05, 0) is 49.1 Å². The quantitative estimate of drug-likeness (QED) is 0.609. The third kappa shape index (κ3) is 4.03. The Morgan fingerprint density at radius 3 is 1.97 bits per heavy atom. The molecule has 2 heterocycles. The van der Waals surface area contributed by atoms with Crippen molar-refractivity contribution in [2.75, 3.05) is 26.2 Å². The fraction of sp³-hybridized carbons (Fsp3) is 0.400. The summed E-state index contributed by atoms with van der Waals surface area (Å²) in [4.78, 5) is 42.4. The molecule has 0 aromatic heterocycles. The van der Waals surface area contributed by atoms with Crippen LogP contribution in [0, 0.1) is 19.8 Å². The molecule has 1 unspecified atom stereocenters. The van der Waals surface area contributed by atoms with E-state index in [1.165, 1.54) is 4.31 Å². The average molecular weight is 484 g/mol. The number of hydrogen-bond acceptors (Lipinski definition) is 5. The predicted octanol–water partition coefficient (Wildman–Crippen LogP) is 2.46. The highest BCUT2D eigenvalue weighted by atomic mass is 32.2. The molecule has 0 radical (unpaired) electrons. The lowest BCUT2D eigenvalue weighted by atomic mass is 10.0. The van der Waals surface area contributed by atoms with Crippen molar-refractivity contribution in [2.24, 2.45) is 5.92 Å². The lowest BCUT2D eigenvalue weighted by Gasteiger charge is -2.38. The maximum atomic E-state index is 13.5. The van der Waals surface area contributed by atoms with Crippen LogP contribution in [0.2, 0.25) is 0 Å². The molecule has 4 rings (SSSR count). The van der Waals surface area contributed by atoms with E-state index in [4.69, 9.17) is 0 Å². The van der Waals surface area contributed by atoms with Crippen molar-refractivity contribution < 1.29 is 22.8 Å². The summed E-state index contributed by atoms with van der Waals surface area (Å²) >= 11 is 0. The molecule has 0 N–H and O–H groups in total. The molecular formula is C25H29N3O5S. The summed E-state index contributed by atoms with van der Waals surface area (Å²) in [6.45, 7) is 7.88. The van der Waals surface area contributed by atoms with Crippen LogP contribution in [0.15, 0.2) is 47.4 Å². The zero-order chi connectivity index (χ0) is 24.8. The summed E-state index contributed by atoms with van der Waals surface area (Å²) in [5.41, 5.74) is 2.14. The number of rotatable bonds is 5. The molecule has 0 spiro atoms. The van der Waals surface area contributed by atoms with Crippen LogP contribution >= 0.6 is 0 Å². The third-order valence-corrected chi connectivity index (χ3v) is 8.54. The molecule has 0 aliphatic carbocycles. The van der Waals surface area contributed by atoms with Crippen LogP contribution in [0.25, 0.3) is 0 Å². The molecule has 0 saturated carbocycles. The van der Waals surface area contributed by atoms with Crippen molar-refractivity contribution in [2.45, 2.75) is 38.6 Å². The zero-order valence-corrected chi connectivity index (χ0v) is 20.6. The van der Waals surface area contributed by atoms with Crippen molar-refractivity contribution in [3.8, 4) is 0 Å². The topological polar surface area (TPSA) is 95.1 Å². The first-order valence-electron chi connectivity index (χ1n) is 11.4. The van der Waals surface area contributed by atoms with E-state index in [-0.39, 0.29) is 42.9 Å². The molecule has 0 bridgehead atoms. The molecule has 1 saturated heterocycles. The van der Waals surface area contributed by atoms with E-state index in [1.807, 2.05) is 13.0 Å². The second-order valence-corrected chi connectivity index (χ2v) is 11.1. The first-order chi connectivity index (χ1) is 16.0. The lowest BCUT2D eigenvalue weighted by molar-refractivity contribution is -0.138. The Hall–Kier alpha value is -3.04. The summed E-state index contributed by atoms with van der Waals surface area (Å²) in [6, 6.07) is 10.9. The monoisotopic (exact) mass is 483 g/mol. The number of hydrogen-bond donors (Lipinski definition) is 0. The van der Waals surface area contributed by atoms with Crippen molar-refractivity contribution in [3.05, 3.63) is 64.7 Å². The van der Waals surface area contributed by atoms with E-state index in [2.05, 4.69) is 0 Å². The normalized spacial score (nSPS) is 17.9. The fourth-order valence-corrected chi connectivity index (χ4v) is 6.35. The van der Waals surface area contributed by atoms with Crippen LogP contribution in [0.1, 0.15) is 45.7 Å². The molecule has 9 heteroatoms. The van der Waals surface area contributed by atoms with Gasteiger partial charge in [-0.2, -0.15) is 4.31 Å². The molecule has 2 aromatic carbocycles. The van der Waals surface area contributed by atoms with Gasteiger partial charge in [0.2, 0.25) is 15.9 Å². The van der Waals surface area contributed by atoms with Crippen LogP contribution < -0.4 is 0 Å². The Morgan fingerprint density at radius 2 is 1.44 bits per heavy atom. The summed E-state index contributed by atoms with van der Waals surface area (Å²) in [6.07, 6.45) is 0. The first kappa shape index (κ1) is 24.1. The minimum atomic E-state index is -3.69. The molecule has 1 fully saturated rings. The second kappa shape index (κ2) is 8.96. The van der Waals surface area contributed by atoms with Gasteiger partial charge in [0, 0.05) is 26.2 Å². The van der Waals surface area contributed by atoms with E-state index in [0.29, 0.717) is 16.7 Å². The van der Waals surface area contributed by atoms with Gasteiger partial charge in [-0.1, -0.05) is 38.1 Å². The SMILES string of the molecule is Cc1ccc(C)c(S(=O)(=O)N2CCN(C(=O)C(C(C)C)N3C(=O)c4ccccc4C3=O)CC2)c1. The third-order valence-electron chi connectivity index (χ3n) is 6.50. The highest BCUT2D eigenvalue weighted by Crippen LogP contribution is 2.29. The van der Waals surface area contributed by atoms with Crippen LogP contribution in [-0.2, 0) is 14.8 Å². The number of imide groups is 1. The van der Waals surface area contributed by atoms with Crippen LogP contribution in [0.3, 0.4) is 0 Å². The number of carbonyl (C=O) groups is 3. The van der Waals surface area contributed by atoms with Crippen molar-refractivity contribution >= 4 is 27.7 Å². The molecule has 8 nitrogen and oxygen atoms in total. The highest BCUT2D eigenvalue weighted by Gasteiger charge is 2.45. The summed E-state index contributed by atoms with van der Waals surface area (Å²) in [5.74, 6) is -1.58. The molecule has 2 aromatic rings. The number of piperazine rings is 1. The largest absolute Gasteiger partial charge is 0.338 e. The van der Waals surface area contributed by atoms with Gasteiger partial charge in [-0.15, -0.1) is 0 Å². The number of fused-ring (bicyclic) bond motifs is 1. The van der Waals surface area contributed by atoms with Crippen molar-refractivity contribution in [1.29, 1.82) is 0 Å². The number of aryl methyl sites for hydroxylation is 2. The van der Waals surface area contributed by atoms with Gasteiger partial charge >= 0.3 is 0 Å². The van der Waals surface area contributed by atoms with Gasteiger partial charge in [0.1, 0.15) is 6.04 Å². The molecular weight excluding hydrogens is 454 g/mol. The minimum absolute atomic E-state index is 0.147. The molecule has 180 valence electrons. The number of carbonyl (C=O) groups excluding carboxylic acids is 3. The molecule has 2 aliphatic heterocycles. The fourth-order valence-electron chi connectivity index (χ4n) is 4.61. The molecule has 2 aliphatic rings. The summed E-state index contributed by atoms with van der Waals surface area (Å²) in [7, 11) is -3.69. The molecule has 34 heavy (non-hydrogen) atoms. The van der Waals surface area contributed by atoms with Gasteiger partial charge in [-0.3, -0.25) is 19.3 Å². The zero-order valence-electron chi connectivity index (χ0n) is 19.8. The van der Waals surface area contributed by atoms with E-state index in [0.717, 1.165) is 10.5 Å². The van der Waals surface area contributed by atoms with Gasteiger partial charge in [0.25, 0.3) is 11.8 Å². The van der Waals surface area contributed by atoms with Crippen LogP contribution in [0.4, 0.5) is 0 Å². The van der Waals surface area contributed by atoms with Gasteiger partial charge in [0.05, 0.1) is 16.0 Å². The predicted molar refractivity (Wildman–Crippen MR) is 127 cm³/mol. The average Bonchev–Trinajstić information content (AvgIpc) is 3.06. The second-order valence-electron chi connectivity index (χ2n) is 9.21. The Balaban J connectivity index is 1.52. The molecule has 3 amide bonds. The highest BCUT2D eigenvalue weighted by molar-refractivity contribution is 7.89. The number of benzene rings is 2. The lowest BCUT2D eigenvalue weighted by Crippen LogP contribution is -2.58. The Kier molecular flexibility index (Phi) is 6.35. The maximum Gasteiger partial charge on any atom is 0.262 e. The number of nitrogens with zero attached hydrogens (tertiary/aromatic N) is 3. The summed E-state index contributed by atoms with van der Waals surface area (Å²) in [5, 5.41) is 0. The molecule has 1 atom stereocenters. The maximum absolute atomic E-state index is 13.5. The van der Waals surface area contributed by atoms with E-state index in [9.17, 15) is 22.8 Å². The Morgan fingerprint density at radius 1 is 0.882 bits per heavy atom. The van der Waals surface area contributed by atoms with E-state index >= 15 is 0 Å². The van der Waals surface area contributed by atoms with Gasteiger partial charge in [-0.25, -0.2) is 8.42 Å². The van der Waals surface area contributed by atoms with Gasteiger partial charge < -0.3 is 4.90 Å². The van der Waals surface area contributed by atoms with E-state index in [1.54, 1.807) is 62.1 Å². The summed E-state index contributed by atoms with van der Waals surface area (Å²) < 4.78 is 27.8. The van der Waals surface area contributed by atoms with Crippen LogP contribution in [0.5, 0.6) is 0 Å². The standard InChI is InChI=1S/C25H29N3O5S/c1-16(2)22(28-23(29)19-7-5-6-8-20(19)24(28)30)25(31)26-11-13-27(14-12-26)34(32,33)21-15-17(3)9-10-18(21)4/h5-10,15-16,22H,11-14H2,1-4H3. The Labute approximate surface area is 200 Å². The van der Waals surface area contributed by atoms with Crippen molar-refractivity contribution in [3.63, 3.8) is 0 Å². The van der Waals surface area contributed by atoms with Crippen molar-refractivity contribution in [1.82, 2.24) is 14.1 Å².